The minimum absolute atomic E-state index is 0.685. The van der Waals surface area contributed by atoms with E-state index in [0.717, 1.165) is 45.4 Å². The van der Waals surface area contributed by atoms with Crippen LogP contribution in [0.1, 0.15) is 5.56 Å². The zero-order valence-corrected chi connectivity index (χ0v) is 20.2. The lowest BCUT2D eigenvalue weighted by Gasteiger charge is -2.40. The Balaban J connectivity index is 1.36. The van der Waals surface area contributed by atoms with Gasteiger partial charge in [-0.3, -0.25) is 0 Å². The second-order valence-electron chi connectivity index (χ2n) is 8.70. The molecule has 0 radical (unpaired) electrons. The zero-order valence-electron chi connectivity index (χ0n) is 20.2. The molecule has 0 saturated carbocycles. The van der Waals surface area contributed by atoms with Gasteiger partial charge < -0.3 is 15.1 Å². The smallest absolute Gasteiger partial charge is 0.153 e. The van der Waals surface area contributed by atoms with Crippen LogP contribution in [-0.4, -0.2) is 0 Å². The maximum absolute atomic E-state index is 5.64. The molecule has 5 heteroatoms. The van der Waals surface area contributed by atoms with Gasteiger partial charge in [0.1, 0.15) is 0 Å². The van der Waals surface area contributed by atoms with Gasteiger partial charge >= 0.3 is 0 Å². The number of anilines is 7. The van der Waals surface area contributed by atoms with Gasteiger partial charge in [0.05, 0.1) is 22.7 Å². The first-order valence-electron chi connectivity index (χ1n) is 12.2. The quantitative estimate of drug-likeness (QED) is 0.242. The summed E-state index contributed by atoms with van der Waals surface area (Å²) in [6, 6.07) is 45.8. The molecule has 1 heterocycles. The van der Waals surface area contributed by atoms with Crippen molar-refractivity contribution >= 4 is 45.5 Å². The number of nitrogens with one attached hydrogen (secondary N) is 1. The number of hydrogen-bond donors (Lipinski definition) is 2. The summed E-state index contributed by atoms with van der Waals surface area (Å²) in [6.07, 6.45) is 1.83. The number of para-hydroxylation sites is 5. The predicted molar refractivity (Wildman–Crippen MR) is 152 cm³/mol. The summed E-state index contributed by atoms with van der Waals surface area (Å²) >= 11 is 0. The van der Waals surface area contributed by atoms with Crippen LogP contribution >= 0.6 is 0 Å². The first-order valence-corrected chi connectivity index (χ1v) is 12.2. The van der Waals surface area contributed by atoms with Crippen molar-refractivity contribution in [2.24, 2.45) is 5.11 Å². The molecule has 0 fully saturated rings. The largest absolute Gasteiger partial charge is 0.360 e. The maximum atomic E-state index is 5.64. The van der Waals surface area contributed by atoms with E-state index < -0.39 is 0 Å². The van der Waals surface area contributed by atoms with Gasteiger partial charge in [-0.05, 0) is 65.8 Å². The molecule has 0 amide bonds. The molecule has 0 atom stereocenters. The Morgan fingerprint density at radius 1 is 0.541 bits per heavy atom. The van der Waals surface area contributed by atoms with Crippen molar-refractivity contribution in [3.8, 4) is 0 Å². The number of benzene rings is 5. The fraction of sp³-hybridized carbons (Fsp3) is 0. The number of fused-ring (bicyclic) bond motifs is 2. The van der Waals surface area contributed by atoms with Gasteiger partial charge in [0.25, 0.3) is 0 Å². The molecule has 0 aromatic heterocycles. The van der Waals surface area contributed by atoms with E-state index in [0.29, 0.717) is 5.70 Å². The van der Waals surface area contributed by atoms with Crippen LogP contribution in [0.3, 0.4) is 0 Å². The zero-order chi connectivity index (χ0) is 25.0. The Labute approximate surface area is 216 Å². The van der Waals surface area contributed by atoms with Gasteiger partial charge in [0.2, 0.25) is 0 Å². The molecule has 0 unspecified atom stereocenters. The van der Waals surface area contributed by atoms with Crippen molar-refractivity contribution < 1.29 is 5.53 Å². The molecule has 1 aliphatic rings. The van der Waals surface area contributed by atoms with E-state index in [1.165, 1.54) is 0 Å². The van der Waals surface area contributed by atoms with E-state index in [2.05, 4.69) is 117 Å². The second kappa shape index (κ2) is 9.84. The summed E-state index contributed by atoms with van der Waals surface area (Å²) in [5.74, 6) is 0. The number of nitrogens with two attached hydrogens (primary N) is 1. The highest BCUT2D eigenvalue weighted by Gasteiger charge is 2.29. The third-order valence-electron chi connectivity index (χ3n) is 6.45. The molecular formula is C32H26N5+. The number of rotatable bonds is 6. The van der Waals surface area contributed by atoms with Crippen molar-refractivity contribution in [3.05, 3.63) is 145 Å². The van der Waals surface area contributed by atoms with Crippen LogP contribution in [-0.2, 0) is 0 Å². The molecule has 6 rings (SSSR count). The first kappa shape index (κ1) is 22.3. The molecule has 0 aliphatic carbocycles. The normalized spacial score (nSPS) is 12.5. The molecule has 0 bridgehead atoms. The van der Waals surface area contributed by atoms with Crippen LogP contribution in [0.2, 0.25) is 0 Å². The minimum atomic E-state index is 0.685. The lowest BCUT2D eigenvalue weighted by Crippen LogP contribution is -2.23. The van der Waals surface area contributed by atoms with Crippen molar-refractivity contribution in [2.75, 3.05) is 15.1 Å². The van der Waals surface area contributed by atoms with Gasteiger partial charge in [0, 0.05) is 28.8 Å². The Kier molecular flexibility index (Phi) is 5.93. The lowest BCUT2D eigenvalue weighted by atomic mass is 10.0. The van der Waals surface area contributed by atoms with Crippen molar-refractivity contribution in [1.82, 2.24) is 0 Å². The summed E-state index contributed by atoms with van der Waals surface area (Å²) in [6.45, 7) is 0. The fourth-order valence-electron chi connectivity index (χ4n) is 4.74. The molecule has 5 aromatic rings. The van der Waals surface area contributed by atoms with E-state index >= 15 is 0 Å². The van der Waals surface area contributed by atoms with Gasteiger partial charge in [-0.15, -0.1) is 0 Å². The van der Waals surface area contributed by atoms with Crippen LogP contribution in [0.4, 0.5) is 39.8 Å². The van der Waals surface area contributed by atoms with Crippen molar-refractivity contribution in [1.29, 1.82) is 0 Å². The average molecular weight is 481 g/mol. The standard InChI is InChI=1S/C32H25N5/c33-35-28(24-11-3-1-4-12-24)23-34-25-19-21-27(22-20-25)37-31-17-9-7-15-29(31)36(26-13-5-2-6-14-26)30-16-8-10-18-32(30)37/h1-23,33-34H/p+1/b28-23-,35-33?. The molecule has 37 heavy (non-hydrogen) atoms. The Bertz CT molecular complexity index is 1510. The highest BCUT2D eigenvalue weighted by molar-refractivity contribution is 6.01. The summed E-state index contributed by atoms with van der Waals surface area (Å²) in [4.78, 5) is 4.64. The summed E-state index contributed by atoms with van der Waals surface area (Å²) in [7, 11) is 0. The Hall–Kier alpha value is -5.16. The van der Waals surface area contributed by atoms with E-state index in [1.54, 1.807) is 0 Å². The van der Waals surface area contributed by atoms with Crippen molar-refractivity contribution in [3.63, 3.8) is 0 Å². The molecule has 0 spiro atoms. The van der Waals surface area contributed by atoms with E-state index in [-0.39, 0.29) is 0 Å². The molecule has 178 valence electrons. The van der Waals surface area contributed by atoms with Crippen LogP contribution in [0, 0.1) is 0 Å². The summed E-state index contributed by atoms with van der Waals surface area (Å²) in [5.41, 5.74) is 15.0. The molecular weight excluding hydrogens is 454 g/mol. The van der Waals surface area contributed by atoms with E-state index in [9.17, 15) is 0 Å². The first-order chi connectivity index (χ1) is 18.3. The van der Waals surface area contributed by atoms with Crippen LogP contribution < -0.4 is 20.6 Å². The molecule has 3 N–H and O–H groups in total. The maximum Gasteiger partial charge on any atom is 0.153 e. The number of nitrogens with zero attached hydrogens (tertiary/aromatic N) is 3. The third-order valence-corrected chi connectivity index (χ3v) is 6.45. The van der Waals surface area contributed by atoms with Crippen LogP contribution in [0.25, 0.3) is 5.70 Å². The Morgan fingerprint density at radius 2 is 0.973 bits per heavy atom. The van der Waals surface area contributed by atoms with Gasteiger partial charge in [-0.2, -0.15) is 5.53 Å². The van der Waals surface area contributed by atoms with Crippen LogP contribution in [0.15, 0.2) is 145 Å². The highest BCUT2D eigenvalue weighted by Crippen LogP contribution is 2.53. The minimum Gasteiger partial charge on any atom is -0.360 e. The lowest BCUT2D eigenvalue weighted by molar-refractivity contribution is -0.209. The molecule has 1 aliphatic heterocycles. The van der Waals surface area contributed by atoms with Crippen LogP contribution in [0.5, 0.6) is 0 Å². The summed E-state index contributed by atoms with van der Waals surface area (Å²) in [5, 5.41) is 7.26. The summed E-state index contributed by atoms with van der Waals surface area (Å²) < 4.78 is 0. The van der Waals surface area contributed by atoms with Crippen molar-refractivity contribution in [2.45, 2.75) is 0 Å². The van der Waals surface area contributed by atoms with E-state index in [1.807, 2.05) is 42.6 Å². The molecule has 0 saturated heterocycles. The Morgan fingerprint density at radius 3 is 1.46 bits per heavy atom. The van der Waals surface area contributed by atoms with Gasteiger partial charge in [0.15, 0.2) is 5.70 Å². The second-order valence-corrected chi connectivity index (χ2v) is 8.70. The molecule has 5 nitrogen and oxygen atoms in total. The fourth-order valence-corrected chi connectivity index (χ4v) is 4.74. The van der Waals surface area contributed by atoms with E-state index in [4.69, 9.17) is 5.53 Å². The SMILES string of the molecule is [NH2+]=N/C(=C\Nc1ccc(N2c3ccccc3N(c3ccccc3)c3ccccc32)cc1)c1ccccc1. The predicted octanol–water partition coefficient (Wildman–Crippen LogP) is 7.56. The topological polar surface area (TPSA) is 56.5 Å². The average Bonchev–Trinajstić information content (AvgIpc) is 2.97. The van der Waals surface area contributed by atoms with Gasteiger partial charge in [-0.25, -0.2) is 0 Å². The molecule has 5 aromatic carbocycles. The van der Waals surface area contributed by atoms with Gasteiger partial charge in [-0.1, -0.05) is 72.8 Å². The highest BCUT2D eigenvalue weighted by atomic mass is 15.3. The number of hydrogen-bond acceptors (Lipinski definition) is 4. The monoisotopic (exact) mass is 480 g/mol. The third kappa shape index (κ3) is 4.23.